The number of esters is 1. The molecule has 4 nitrogen and oxygen atoms in total. The molecule has 0 amide bonds. The summed E-state index contributed by atoms with van der Waals surface area (Å²) in [5, 5.41) is -0.348. The van der Waals surface area contributed by atoms with E-state index in [2.05, 4.69) is 4.74 Å². The van der Waals surface area contributed by atoms with Crippen LogP contribution in [0.15, 0.2) is 18.2 Å². The maximum atomic E-state index is 14.1. The number of fused-ring (bicyclic) bond motifs is 1. The van der Waals surface area contributed by atoms with E-state index in [1.807, 2.05) is 0 Å². The lowest BCUT2D eigenvalue weighted by Crippen LogP contribution is -2.50. The molecule has 11 heteroatoms. The van der Waals surface area contributed by atoms with Gasteiger partial charge in [-0.1, -0.05) is 0 Å². The van der Waals surface area contributed by atoms with Crippen LogP contribution in [0, 0.1) is 0 Å². The molecule has 1 heterocycles. The van der Waals surface area contributed by atoms with Gasteiger partial charge in [-0.05, 0) is 18.2 Å². The first-order valence-corrected chi connectivity index (χ1v) is 6.49. The predicted molar refractivity (Wildman–Crippen MR) is 71.1 cm³/mol. The van der Waals surface area contributed by atoms with Gasteiger partial charge in [0.05, 0.1) is 19.8 Å². The molecule has 0 aliphatic carbocycles. The zero-order chi connectivity index (χ0) is 19.2. The standard InChI is InChI=1S/C14H10F7NO3/c1-24-6-3-4-8-7(5-6)9(11(23)25-2)10(22-8)12(15,16)13(17,18)14(19,20)21/h3-5,22H,1-2H3. The minimum absolute atomic E-state index is 0.0640. The normalized spacial score (nSPS) is 13.2. The summed E-state index contributed by atoms with van der Waals surface area (Å²) in [7, 11) is 1.98. The zero-order valence-electron chi connectivity index (χ0n) is 12.6. The summed E-state index contributed by atoms with van der Waals surface area (Å²) in [6.45, 7) is 0. The Morgan fingerprint density at radius 3 is 2.12 bits per heavy atom. The summed E-state index contributed by atoms with van der Waals surface area (Å²) in [4.78, 5) is 13.6. The van der Waals surface area contributed by atoms with Gasteiger partial charge in [-0.2, -0.15) is 30.7 Å². The highest BCUT2D eigenvalue weighted by Crippen LogP contribution is 2.53. The third-order valence-corrected chi connectivity index (χ3v) is 3.46. The summed E-state index contributed by atoms with van der Waals surface area (Å²) < 4.78 is 101. The maximum absolute atomic E-state index is 14.1. The first kappa shape index (κ1) is 18.9. The van der Waals surface area contributed by atoms with E-state index in [4.69, 9.17) is 4.74 Å². The molecule has 138 valence electrons. The number of hydrogen-bond donors (Lipinski definition) is 1. The van der Waals surface area contributed by atoms with E-state index < -0.39 is 35.2 Å². The van der Waals surface area contributed by atoms with Crippen molar-refractivity contribution in [1.82, 2.24) is 4.98 Å². The quantitative estimate of drug-likeness (QED) is 0.644. The molecule has 0 fully saturated rings. The highest BCUT2D eigenvalue weighted by molar-refractivity contribution is 6.06. The average molecular weight is 373 g/mol. The molecule has 0 unspecified atom stereocenters. The Balaban J connectivity index is 2.83. The SMILES string of the molecule is COC(=O)c1c(C(F)(F)C(F)(F)C(F)(F)F)[nH]c2ccc(OC)cc12. The highest BCUT2D eigenvalue weighted by atomic mass is 19.4. The molecular weight excluding hydrogens is 363 g/mol. The predicted octanol–water partition coefficient (Wildman–Crippen LogP) is 4.25. The molecule has 0 aliphatic heterocycles. The molecule has 25 heavy (non-hydrogen) atoms. The van der Waals surface area contributed by atoms with Crippen LogP contribution in [0.25, 0.3) is 10.9 Å². The smallest absolute Gasteiger partial charge is 0.460 e. The lowest BCUT2D eigenvalue weighted by Gasteiger charge is -2.28. The van der Waals surface area contributed by atoms with Crippen molar-refractivity contribution in [3.63, 3.8) is 0 Å². The Morgan fingerprint density at radius 1 is 1.04 bits per heavy atom. The number of aromatic amines is 1. The fraction of sp³-hybridized carbons (Fsp3) is 0.357. The second kappa shape index (κ2) is 5.81. The van der Waals surface area contributed by atoms with Crippen LogP contribution in [0.3, 0.4) is 0 Å². The minimum atomic E-state index is -6.54. The van der Waals surface area contributed by atoms with Crippen LogP contribution in [-0.2, 0) is 10.7 Å². The Bertz CT molecular complexity index is 811. The van der Waals surface area contributed by atoms with E-state index in [1.54, 1.807) is 4.98 Å². The number of alkyl halides is 7. The zero-order valence-corrected chi connectivity index (χ0v) is 12.6. The van der Waals surface area contributed by atoms with Gasteiger partial charge in [0.1, 0.15) is 11.4 Å². The molecule has 0 bridgehead atoms. The molecule has 1 aromatic carbocycles. The monoisotopic (exact) mass is 373 g/mol. The van der Waals surface area contributed by atoms with Gasteiger partial charge in [-0.3, -0.25) is 0 Å². The number of aromatic nitrogens is 1. The van der Waals surface area contributed by atoms with Crippen molar-refractivity contribution in [2.24, 2.45) is 0 Å². The fourth-order valence-corrected chi connectivity index (χ4v) is 2.18. The molecule has 2 rings (SSSR count). The molecule has 0 spiro atoms. The van der Waals surface area contributed by atoms with Gasteiger partial charge in [0.25, 0.3) is 0 Å². The maximum Gasteiger partial charge on any atom is 0.460 e. The summed E-state index contributed by atoms with van der Waals surface area (Å²) >= 11 is 0. The third-order valence-electron chi connectivity index (χ3n) is 3.46. The number of methoxy groups -OCH3 is 2. The summed E-state index contributed by atoms with van der Waals surface area (Å²) in [6.07, 6.45) is -6.54. The van der Waals surface area contributed by atoms with E-state index in [0.29, 0.717) is 0 Å². The Morgan fingerprint density at radius 2 is 1.64 bits per heavy atom. The van der Waals surface area contributed by atoms with Gasteiger partial charge in [0, 0.05) is 10.9 Å². The van der Waals surface area contributed by atoms with Crippen molar-refractivity contribution in [2.45, 2.75) is 18.0 Å². The highest BCUT2D eigenvalue weighted by Gasteiger charge is 2.74. The van der Waals surface area contributed by atoms with E-state index in [9.17, 15) is 35.5 Å². The molecule has 0 aliphatic rings. The van der Waals surface area contributed by atoms with Gasteiger partial charge in [-0.15, -0.1) is 0 Å². The van der Waals surface area contributed by atoms with Crippen LogP contribution in [-0.4, -0.2) is 37.3 Å². The van der Waals surface area contributed by atoms with E-state index in [-0.39, 0.29) is 16.7 Å². The van der Waals surface area contributed by atoms with E-state index >= 15 is 0 Å². The van der Waals surface area contributed by atoms with E-state index in [0.717, 1.165) is 19.2 Å². The molecule has 2 aromatic rings. The van der Waals surface area contributed by atoms with Gasteiger partial charge in [0.2, 0.25) is 0 Å². The number of hydrogen-bond acceptors (Lipinski definition) is 3. The lowest BCUT2D eigenvalue weighted by atomic mass is 10.0. The topological polar surface area (TPSA) is 51.3 Å². The van der Waals surface area contributed by atoms with Crippen molar-refractivity contribution < 1.29 is 45.0 Å². The number of nitrogens with one attached hydrogen (secondary N) is 1. The molecule has 1 aromatic heterocycles. The summed E-state index contributed by atoms with van der Waals surface area (Å²) in [5.74, 6) is -13.6. The van der Waals surface area contributed by atoms with Crippen molar-refractivity contribution in [1.29, 1.82) is 0 Å². The fourth-order valence-electron chi connectivity index (χ4n) is 2.18. The second-order valence-electron chi connectivity index (χ2n) is 4.92. The molecule has 0 saturated carbocycles. The molecule has 0 radical (unpaired) electrons. The Kier molecular flexibility index (Phi) is 4.39. The number of rotatable bonds is 4. The number of ether oxygens (including phenoxy) is 2. The Labute approximate surface area is 135 Å². The van der Waals surface area contributed by atoms with Crippen LogP contribution < -0.4 is 4.74 Å². The van der Waals surface area contributed by atoms with Gasteiger partial charge >= 0.3 is 24.0 Å². The van der Waals surface area contributed by atoms with Gasteiger partial charge in [0.15, 0.2) is 0 Å². The average Bonchev–Trinajstić information content (AvgIpc) is 2.91. The van der Waals surface area contributed by atoms with Gasteiger partial charge < -0.3 is 14.5 Å². The number of carbonyl (C=O) groups excluding carboxylic acids is 1. The lowest BCUT2D eigenvalue weighted by molar-refractivity contribution is -0.360. The number of H-pyrrole nitrogens is 1. The largest absolute Gasteiger partial charge is 0.497 e. The summed E-state index contributed by atoms with van der Waals surface area (Å²) in [6, 6.07) is 3.36. The Hall–Kier alpha value is -2.46. The minimum Gasteiger partial charge on any atom is -0.497 e. The number of carbonyl (C=O) groups is 1. The number of benzene rings is 1. The first-order chi connectivity index (χ1) is 11.4. The molecule has 0 saturated heterocycles. The number of halogens is 7. The summed E-state index contributed by atoms with van der Waals surface area (Å²) in [5.41, 5.74) is -3.30. The van der Waals surface area contributed by atoms with Crippen molar-refractivity contribution in [2.75, 3.05) is 14.2 Å². The third kappa shape index (κ3) is 2.76. The first-order valence-electron chi connectivity index (χ1n) is 6.49. The van der Waals surface area contributed by atoms with Crippen LogP contribution in [0.4, 0.5) is 30.7 Å². The van der Waals surface area contributed by atoms with Crippen molar-refractivity contribution in [3.8, 4) is 5.75 Å². The molecule has 0 atom stereocenters. The van der Waals surface area contributed by atoms with Gasteiger partial charge in [-0.25, -0.2) is 4.79 Å². The van der Waals surface area contributed by atoms with Crippen LogP contribution in [0.2, 0.25) is 0 Å². The molecule has 1 N–H and O–H groups in total. The van der Waals surface area contributed by atoms with Crippen molar-refractivity contribution in [3.05, 3.63) is 29.5 Å². The van der Waals surface area contributed by atoms with Crippen LogP contribution in [0.1, 0.15) is 16.1 Å². The van der Waals surface area contributed by atoms with Crippen LogP contribution >= 0.6 is 0 Å². The molecular formula is C14H10F7NO3. The van der Waals surface area contributed by atoms with Crippen molar-refractivity contribution >= 4 is 16.9 Å². The van der Waals surface area contributed by atoms with Crippen LogP contribution in [0.5, 0.6) is 5.75 Å². The van der Waals surface area contributed by atoms with E-state index in [1.165, 1.54) is 13.2 Å². The second-order valence-corrected chi connectivity index (χ2v) is 4.92.